The zero-order chi connectivity index (χ0) is 15.9. The molecule has 0 bridgehead atoms. The van der Waals surface area contributed by atoms with Crippen LogP contribution in [0.4, 0.5) is 0 Å². The van der Waals surface area contributed by atoms with Crippen molar-refractivity contribution in [1.29, 1.82) is 0 Å². The number of hydrogen-bond acceptors (Lipinski definition) is 2. The maximum atomic E-state index is 12.1. The zero-order valence-electron chi connectivity index (χ0n) is 14.3. The SMILES string of the molecule is CCNC(=NCC(=O)N1CCCC1)N(C)Cc1cccn1C.I. The van der Waals surface area contributed by atoms with Gasteiger partial charge in [0.1, 0.15) is 6.54 Å². The molecular formula is C16H28IN5O. The minimum Gasteiger partial charge on any atom is -0.357 e. The molecule has 7 heteroatoms. The Morgan fingerprint density at radius 2 is 2.09 bits per heavy atom. The van der Waals surface area contributed by atoms with Crippen molar-refractivity contribution in [2.75, 3.05) is 33.2 Å². The van der Waals surface area contributed by atoms with Crippen LogP contribution in [0.15, 0.2) is 23.3 Å². The van der Waals surface area contributed by atoms with E-state index < -0.39 is 0 Å². The number of likely N-dealkylation sites (tertiary alicyclic amines) is 1. The van der Waals surface area contributed by atoms with Gasteiger partial charge in [0.2, 0.25) is 5.91 Å². The predicted octanol–water partition coefficient (Wildman–Crippen LogP) is 1.66. The summed E-state index contributed by atoms with van der Waals surface area (Å²) in [6, 6.07) is 4.12. The van der Waals surface area contributed by atoms with Gasteiger partial charge in [-0.3, -0.25) is 4.79 Å². The Morgan fingerprint density at radius 3 is 2.65 bits per heavy atom. The van der Waals surface area contributed by atoms with Gasteiger partial charge in [0.15, 0.2) is 5.96 Å². The molecule has 2 rings (SSSR count). The molecule has 1 aromatic heterocycles. The van der Waals surface area contributed by atoms with E-state index in [9.17, 15) is 4.79 Å². The lowest BCUT2D eigenvalue weighted by molar-refractivity contribution is -0.128. The van der Waals surface area contributed by atoms with E-state index in [1.165, 1.54) is 5.69 Å². The summed E-state index contributed by atoms with van der Waals surface area (Å²) in [7, 11) is 4.03. The van der Waals surface area contributed by atoms with E-state index in [0.29, 0.717) is 0 Å². The zero-order valence-corrected chi connectivity index (χ0v) is 16.6. The van der Waals surface area contributed by atoms with Crippen LogP contribution in [0.5, 0.6) is 0 Å². The van der Waals surface area contributed by atoms with Crippen LogP contribution in [-0.2, 0) is 18.4 Å². The van der Waals surface area contributed by atoms with E-state index in [1.54, 1.807) is 0 Å². The summed E-state index contributed by atoms with van der Waals surface area (Å²) in [6.07, 6.45) is 4.26. The Morgan fingerprint density at radius 1 is 1.39 bits per heavy atom. The van der Waals surface area contributed by atoms with Crippen LogP contribution in [0.1, 0.15) is 25.5 Å². The largest absolute Gasteiger partial charge is 0.357 e. The topological polar surface area (TPSA) is 52.9 Å². The first kappa shape index (κ1) is 19.8. The Bertz CT molecular complexity index is 522. The number of amides is 1. The van der Waals surface area contributed by atoms with E-state index in [2.05, 4.69) is 25.8 Å². The highest BCUT2D eigenvalue weighted by Gasteiger charge is 2.17. The molecule has 0 aliphatic carbocycles. The molecule has 1 fully saturated rings. The third-order valence-electron chi connectivity index (χ3n) is 3.97. The van der Waals surface area contributed by atoms with Crippen molar-refractivity contribution in [2.24, 2.45) is 12.0 Å². The molecule has 1 amide bonds. The molecule has 0 atom stereocenters. The highest BCUT2D eigenvalue weighted by atomic mass is 127. The molecule has 130 valence electrons. The lowest BCUT2D eigenvalue weighted by atomic mass is 10.4. The van der Waals surface area contributed by atoms with Gasteiger partial charge >= 0.3 is 0 Å². The van der Waals surface area contributed by atoms with Crippen LogP contribution < -0.4 is 5.32 Å². The molecule has 1 saturated heterocycles. The number of aliphatic imine (C=N–C) groups is 1. The molecule has 0 spiro atoms. The van der Waals surface area contributed by atoms with Crippen molar-refractivity contribution in [1.82, 2.24) is 19.7 Å². The van der Waals surface area contributed by atoms with E-state index >= 15 is 0 Å². The van der Waals surface area contributed by atoms with Crippen LogP contribution in [0.3, 0.4) is 0 Å². The summed E-state index contributed by atoms with van der Waals surface area (Å²) in [5.41, 5.74) is 1.21. The van der Waals surface area contributed by atoms with Gasteiger partial charge in [-0.25, -0.2) is 4.99 Å². The molecule has 0 aromatic carbocycles. The summed E-state index contributed by atoms with van der Waals surface area (Å²) in [4.78, 5) is 20.6. The van der Waals surface area contributed by atoms with E-state index in [-0.39, 0.29) is 36.4 Å². The minimum absolute atomic E-state index is 0. The second kappa shape index (κ2) is 9.79. The second-order valence-electron chi connectivity index (χ2n) is 5.72. The highest BCUT2D eigenvalue weighted by molar-refractivity contribution is 14.0. The number of halogens is 1. The molecule has 1 aliphatic rings. The molecule has 23 heavy (non-hydrogen) atoms. The summed E-state index contributed by atoms with van der Waals surface area (Å²) < 4.78 is 2.09. The normalized spacial score (nSPS) is 14.6. The number of carbonyl (C=O) groups is 1. The standard InChI is InChI=1S/C16H27N5O.HI/c1-4-17-16(18-12-15(22)21-10-5-6-11-21)20(3)13-14-8-7-9-19(14)2;/h7-9H,4-6,10-13H2,1-3H3,(H,17,18);1H. The van der Waals surface area contributed by atoms with Crippen molar-refractivity contribution in [3.63, 3.8) is 0 Å². The van der Waals surface area contributed by atoms with Gasteiger partial charge in [-0.2, -0.15) is 0 Å². The molecule has 1 N–H and O–H groups in total. The molecular weight excluding hydrogens is 405 g/mol. The molecule has 6 nitrogen and oxygen atoms in total. The first-order valence-corrected chi connectivity index (χ1v) is 7.99. The van der Waals surface area contributed by atoms with Crippen LogP contribution in [0, 0.1) is 0 Å². The predicted molar refractivity (Wildman–Crippen MR) is 104 cm³/mol. The first-order chi connectivity index (χ1) is 10.6. The van der Waals surface area contributed by atoms with Crippen molar-refractivity contribution in [3.05, 3.63) is 24.0 Å². The first-order valence-electron chi connectivity index (χ1n) is 7.99. The fourth-order valence-electron chi connectivity index (χ4n) is 2.66. The Hall–Kier alpha value is -1.25. The fraction of sp³-hybridized carbons (Fsp3) is 0.625. The lowest BCUT2D eigenvalue weighted by Gasteiger charge is -2.22. The number of hydrogen-bond donors (Lipinski definition) is 1. The van der Waals surface area contributed by atoms with Crippen LogP contribution in [0.2, 0.25) is 0 Å². The van der Waals surface area contributed by atoms with Gasteiger partial charge in [0, 0.05) is 45.6 Å². The Kier molecular flexibility index (Phi) is 8.43. The lowest BCUT2D eigenvalue weighted by Crippen LogP contribution is -2.40. The summed E-state index contributed by atoms with van der Waals surface area (Å²) >= 11 is 0. The summed E-state index contributed by atoms with van der Waals surface area (Å²) in [5, 5.41) is 3.26. The quantitative estimate of drug-likeness (QED) is 0.437. The van der Waals surface area contributed by atoms with Gasteiger partial charge in [0.25, 0.3) is 0 Å². The minimum atomic E-state index is 0. The number of nitrogens with zero attached hydrogens (tertiary/aromatic N) is 4. The van der Waals surface area contributed by atoms with E-state index in [4.69, 9.17) is 0 Å². The summed E-state index contributed by atoms with van der Waals surface area (Å²) in [6.45, 7) is 5.56. The van der Waals surface area contributed by atoms with Crippen LogP contribution >= 0.6 is 24.0 Å². The van der Waals surface area contributed by atoms with Crippen molar-refractivity contribution in [2.45, 2.75) is 26.3 Å². The molecule has 1 aliphatic heterocycles. The van der Waals surface area contributed by atoms with Gasteiger partial charge in [-0.05, 0) is 31.9 Å². The highest BCUT2D eigenvalue weighted by Crippen LogP contribution is 2.08. The monoisotopic (exact) mass is 433 g/mol. The fourth-order valence-corrected chi connectivity index (χ4v) is 2.66. The summed E-state index contributed by atoms with van der Waals surface area (Å²) in [5.74, 6) is 0.899. The molecule has 1 aromatic rings. The number of rotatable bonds is 5. The van der Waals surface area contributed by atoms with E-state index in [0.717, 1.165) is 45.0 Å². The van der Waals surface area contributed by atoms with Crippen molar-refractivity contribution < 1.29 is 4.79 Å². The number of aryl methyl sites for hydroxylation is 1. The third kappa shape index (κ3) is 5.71. The molecule has 2 heterocycles. The number of aromatic nitrogens is 1. The van der Waals surface area contributed by atoms with Gasteiger partial charge < -0.3 is 19.7 Å². The molecule has 0 saturated carbocycles. The molecule has 0 radical (unpaired) electrons. The van der Waals surface area contributed by atoms with Crippen molar-refractivity contribution >= 4 is 35.8 Å². The van der Waals surface area contributed by atoms with E-state index in [1.807, 2.05) is 38.2 Å². The Labute approximate surface area is 155 Å². The molecule has 0 unspecified atom stereocenters. The second-order valence-corrected chi connectivity index (χ2v) is 5.72. The maximum absolute atomic E-state index is 12.1. The van der Waals surface area contributed by atoms with Gasteiger partial charge in [-0.15, -0.1) is 24.0 Å². The smallest absolute Gasteiger partial charge is 0.244 e. The average molecular weight is 433 g/mol. The van der Waals surface area contributed by atoms with Crippen molar-refractivity contribution in [3.8, 4) is 0 Å². The number of nitrogens with one attached hydrogen (secondary N) is 1. The number of carbonyl (C=O) groups excluding carboxylic acids is 1. The average Bonchev–Trinajstić information content (AvgIpc) is 3.15. The van der Waals surface area contributed by atoms with Crippen LogP contribution in [-0.4, -0.2) is 59.5 Å². The van der Waals surface area contributed by atoms with Crippen LogP contribution in [0.25, 0.3) is 0 Å². The van der Waals surface area contributed by atoms with Gasteiger partial charge in [-0.1, -0.05) is 0 Å². The maximum Gasteiger partial charge on any atom is 0.244 e. The Balaban J connectivity index is 0.00000264. The third-order valence-corrected chi connectivity index (χ3v) is 3.97. The van der Waals surface area contributed by atoms with Gasteiger partial charge in [0.05, 0.1) is 6.54 Å². The number of guanidine groups is 1.